The van der Waals surface area contributed by atoms with Crippen LogP contribution in [0.3, 0.4) is 0 Å². The fourth-order valence-corrected chi connectivity index (χ4v) is 3.55. The maximum absolute atomic E-state index is 13.2. The molecule has 1 saturated heterocycles. The highest BCUT2D eigenvalue weighted by Crippen LogP contribution is 2.42. The smallest absolute Gasteiger partial charge is 0.331 e. The lowest BCUT2D eigenvalue weighted by atomic mass is 9.70. The van der Waals surface area contributed by atoms with E-state index in [9.17, 15) is 19.6 Å². The Labute approximate surface area is 167 Å². The van der Waals surface area contributed by atoms with Crippen LogP contribution in [0.4, 0.5) is 5.69 Å². The van der Waals surface area contributed by atoms with Gasteiger partial charge in [-0.2, -0.15) is 5.26 Å². The first-order chi connectivity index (χ1) is 13.5. The van der Waals surface area contributed by atoms with Gasteiger partial charge in [-0.3, -0.25) is 14.5 Å². The van der Waals surface area contributed by atoms with Crippen molar-refractivity contribution >= 4 is 35.1 Å². The minimum Gasteiger partial charge on any atom is -0.465 e. The molecule has 7 heteroatoms. The quantitative estimate of drug-likeness (QED) is 0.572. The van der Waals surface area contributed by atoms with Gasteiger partial charge in [-0.25, -0.2) is 4.79 Å². The average Bonchev–Trinajstić information content (AvgIpc) is 2.99. The number of amides is 2. The van der Waals surface area contributed by atoms with Crippen molar-refractivity contribution in [2.24, 2.45) is 5.92 Å². The Bertz CT molecular complexity index is 953. The van der Waals surface area contributed by atoms with E-state index >= 15 is 0 Å². The lowest BCUT2D eigenvalue weighted by molar-refractivity contribution is -0.151. The van der Waals surface area contributed by atoms with Crippen LogP contribution >= 0.6 is 11.6 Å². The molecule has 0 spiro atoms. The van der Waals surface area contributed by atoms with Crippen LogP contribution < -0.4 is 4.90 Å². The van der Waals surface area contributed by atoms with Gasteiger partial charge < -0.3 is 4.74 Å². The van der Waals surface area contributed by atoms with Crippen molar-refractivity contribution in [1.82, 2.24) is 0 Å². The highest BCUT2D eigenvalue weighted by molar-refractivity contribution is 6.30. The predicted octanol–water partition coefficient (Wildman–Crippen LogP) is 3.24. The molecule has 1 aliphatic rings. The maximum Gasteiger partial charge on any atom is 0.331 e. The topological polar surface area (TPSA) is 87.5 Å². The number of halogens is 1. The highest BCUT2D eigenvalue weighted by atomic mass is 35.5. The number of ether oxygens (including phenoxy) is 1. The largest absolute Gasteiger partial charge is 0.465 e. The van der Waals surface area contributed by atoms with Gasteiger partial charge in [0.2, 0.25) is 11.8 Å². The van der Waals surface area contributed by atoms with Crippen LogP contribution in [0.2, 0.25) is 5.02 Å². The van der Waals surface area contributed by atoms with Crippen LogP contribution in [0.5, 0.6) is 0 Å². The highest BCUT2D eigenvalue weighted by Gasteiger charge is 2.58. The van der Waals surface area contributed by atoms with Gasteiger partial charge in [-0.1, -0.05) is 41.9 Å². The Kier molecular flexibility index (Phi) is 5.48. The van der Waals surface area contributed by atoms with Crippen LogP contribution in [0.1, 0.15) is 18.9 Å². The first kappa shape index (κ1) is 19.6. The molecule has 28 heavy (non-hydrogen) atoms. The minimum absolute atomic E-state index is 0.0348. The molecule has 2 amide bonds. The molecule has 3 rings (SSSR count). The van der Waals surface area contributed by atoms with Crippen molar-refractivity contribution in [3.63, 3.8) is 0 Å². The second-order valence-electron chi connectivity index (χ2n) is 6.31. The predicted molar refractivity (Wildman–Crippen MR) is 102 cm³/mol. The number of nitrogens with zero attached hydrogens (tertiary/aromatic N) is 2. The summed E-state index contributed by atoms with van der Waals surface area (Å²) in [7, 11) is 0. The monoisotopic (exact) mass is 396 g/mol. The molecule has 6 nitrogen and oxygen atoms in total. The molecule has 0 aliphatic carbocycles. The van der Waals surface area contributed by atoms with E-state index in [0.717, 1.165) is 4.90 Å². The van der Waals surface area contributed by atoms with Crippen LogP contribution in [-0.2, 0) is 24.5 Å². The molecule has 0 N–H and O–H groups in total. The number of nitriles is 1. The molecule has 0 unspecified atom stereocenters. The summed E-state index contributed by atoms with van der Waals surface area (Å²) in [4.78, 5) is 39.8. The van der Waals surface area contributed by atoms with Crippen LogP contribution in [0.15, 0.2) is 54.6 Å². The normalized spacial score (nSPS) is 18.5. The first-order valence-corrected chi connectivity index (χ1v) is 9.09. The number of para-hydroxylation sites is 1. The Morgan fingerprint density at radius 1 is 1.21 bits per heavy atom. The third-order valence-electron chi connectivity index (χ3n) is 4.76. The van der Waals surface area contributed by atoms with Crippen LogP contribution in [0, 0.1) is 17.2 Å². The molecule has 1 fully saturated rings. The number of hydrogen-bond donors (Lipinski definition) is 0. The lowest BCUT2D eigenvalue weighted by Crippen LogP contribution is -2.47. The Morgan fingerprint density at radius 3 is 2.43 bits per heavy atom. The molecule has 1 heterocycles. The molecule has 2 aromatic carbocycles. The van der Waals surface area contributed by atoms with Gasteiger partial charge >= 0.3 is 5.97 Å². The zero-order valence-electron chi connectivity index (χ0n) is 15.1. The van der Waals surface area contributed by atoms with Crippen LogP contribution in [0.25, 0.3) is 0 Å². The lowest BCUT2D eigenvalue weighted by Gasteiger charge is -2.29. The number of benzene rings is 2. The van der Waals surface area contributed by atoms with Gasteiger partial charge in [0.1, 0.15) is 0 Å². The summed E-state index contributed by atoms with van der Waals surface area (Å²) >= 11 is 5.93. The SMILES string of the molecule is CCOC(=O)[C@](C#N)(c1ccc(Cl)cc1)[C@@H]1CC(=O)N(c2ccccc2)C1=O. The van der Waals surface area contributed by atoms with Gasteiger partial charge in [-0.05, 0) is 36.8 Å². The summed E-state index contributed by atoms with van der Waals surface area (Å²) in [6.07, 6.45) is -0.275. The zero-order valence-corrected chi connectivity index (χ0v) is 15.8. The van der Waals surface area contributed by atoms with Crippen molar-refractivity contribution < 1.29 is 19.1 Å². The van der Waals surface area contributed by atoms with Gasteiger partial charge in [0, 0.05) is 11.4 Å². The van der Waals surface area contributed by atoms with Gasteiger partial charge in [0.25, 0.3) is 0 Å². The number of hydrogen-bond acceptors (Lipinski definition) is 5. The minimum atomic E-state index is -1.95. The first-order valence-electron chi connectivity index (χ1n) is 8.72. The van der Waals surface area contributed by atoms with Crippen molar-refractivity contribution in [2.45, 2.75) is 18.8 Å². The number of esters is 1. The number of carbonyl (C=O) groups excluding carboxylic acids is 3. The standard InChI is InChI=1S/C21H17ClN2O4/c1-2-28-20(27)21(13-23,14-8-10-15(22)11-9-14)17-12-18(25)24(19(17)26)16-6-4-3-5-7-16/h3-11,17H,2,12H2,1H3/t17-,21-/m1/s1. The van der Waals surface area contributed by atoms with Gasteiger partial charge in [0.05, 0.1) is 24.3 Å². The second-order valence-corrected chi connectivity index (χ2v) is 6.74. The molecule has 0 saturated carbocycles. The third-order valence-corrected chi connectivity index (χ3v) is 5.01. The van der Waals surface area contributed by atoms with E-state index in [1.54, 1.807) is 37.3 Å². The average molecular weight is 397 g/mol. The number of carbonyl (C=O) groups is 3. The Morgan fingerprint density at radius 2 is 1.86 bits per heavy atom. The van der Waals surface area contributed by atoms with E-state index in [1.165, 1.54) is 24.3 Å². The van der Waals surface area contributed by atoms with E-state index in [1.807, 2.05) is 6.07 Å². The van der Waals surface area contributed by atoms with E-state index in [2.05, 4.69) is 0 Å². The maximum atomic E-state index is 13.2. The number of anilines is 1. The van der Waals surface area contributed by atoms with Gasteiger partial charge in [0.15, 0.2) is 5.41 Å². The zero-order chi connectivity index (χ0) is 20.3. The molecule has 2 atom stereocenters. The molecule has 0 radical (unpaired) electrons. The van der Waals surface area contributed by atoms with Crippen LogP contribution in [-0.4, -0.2) is 24.4 Å². The molecular formula is C21H17ClN2O4. The summed E-state index contributed by atoms with van der Waals surface area (Å²) in [5.74, 6) is -3.15. The van der Waals surface area contributed by atoms with Crippen molar-refractivity contribution in [3.8, 4) is 6.07 Å². The van der Waals surface area contributed by atoms with E-state index in [4.69, 9.17) is 16.3 Å². The van der Waals surface area contributed by atoms with Gasteiger partial charge in [-0.15, -0.1) is 0 Å². The molecule has 142 valence electrons. The number of imide groups is 1. The van der Waals surface area contributed by atoms with E-state index in [0.29, 0.717) is 10.7 Å². The van der Waals surface area contributed by atoms with Crippen molar-refractivity contribution in [3.05, 3.63) is 65.2 Å². The van der Waals surface area contributed by atoms with E-state index < -0.39 is 29.1 Å². The second kappa shape index (κ2) is 7.83. The molecule has 1 aliphatic heterocycles. The third kappa shape index (κ3) is 3.14. The van der Waals surface area contributed by atoms with E-state index in [-0.39, 0.29) is 18.6 Å². The summed E-state index contributed by atoms with van der Waals surface area (Å²) in [6.45, 7) is 1.65. The molecule has 0 aromatic heterocycles. The van der Waals surface area contributed by atoms with Crippen molar-refractivity contribution in [2.75, 3.05) is 11.5 Å². The summed E-state index contributed by atoms with van der Waals surface area (Å²) in [6, 6.07) is 16.5. The summed E-state index contributed by atoms with van der Waals surface area (Å²) in [5.41, 5.74) is -1.29. The van der Waals surface area contributed by atoms with Crippen molar-refractivity contribution in [1.29, 1.82) is 5.26 Å². The summed E-state index contributed by atoms with van der Waals surface area (Å²) < 4.78 is 5.14. The summed E-state index contributed by atoms with van der Waals surface area (Å²) in [5, 5.41) is 10.5. The fourth-order valence-electron chi connectivity index (χ4n) is 3.43. The molecule has 0 bridgehead atoms. The Balaban J connectivity index is 2.12. The molecule has 2 aromatic rings. The Hall–Kier alpha value is -3.17. The fraction of sp³-hybridized carbons (Fsp3) is 0.238. The molecular weight excluding hydrogens is 380 g/mol. The number of rotatable bonds is 5.